The molecule has 1 aromatic rings. The summed E-state index contributed by atoms with van der Waals surface area (Å²) in [5, 5.41) is -0.459. The number of benzene rings is 1. The van der Waals surface area contributed by atoms with E-state index in [1.807, 2.05) is 6.92 Å². The van der Waals surface area contributed by atoms with Crippen LogP contribution < -0.4 is 0 Å². The van der Waals surface area contributed by atoms with Crippen molar-refractivity contribution in [3.05, 3.63) is 34.4 Å². The second kappa shape index (κ2) is 10.9. The highest BCUT2D eigenvalue weighted by Crippen LogP contribution is 2.38. The molecule has 0 unspecified atom stereocenters. The maximum atomic E-state index is 14.2. The molecule has 0 bridgehead atoms. The normalized spacial score (nSPS) is 20.8. The van der Waals surface area contributed by atoms with E-state index in [1.54, 1.807) is 4.31 Å². The average molecular weight is 491 g/mol. The van der Waals surface area contributed by atoms with Crippen LogP contribution in [0.15, 0.2) is 12.1 Å². The zero-order valence-corrected chi connectivity index (χ0v) is 20.3. The van der Waals surface area contributed by atoms with Crippen LogP contribution in [-0.2, 0) is 10.0 Å². The largest absolute Gasteiger partial charge is 0.295 e. The van der Waals surface area contributed by atoms with E-state index >= 15 is 0 Å². The number of carbonyl (C=O) groups is 1. The lowest BCUT2D eigenvalue weighted by molar-refractivity contribution is 0.0320. The van der Waals surface area contributed by atoms with Crippen molar-refractivity contribution in [3.63, 3.8) is 0 Å². The number of halogens is 3. The quantitative estimate of drug-likeness (QED) is 0.291. The van der Waals surface area contributed by atoms with Gasteiger partial charge < -0.3 is 0 Å². The van der Waals surface area contributed by atoms with Crippen LogP contribution in [0.1, 0.15) is 75.1 Å². The van der Waals surface area contributed by atoms with Crippen molar-refractivity contribution < 1.29 is 22.0 Å². The van der Waals surface area contributed by atoms with E-state index in [4.69, 9.17) is 11.6 Å². The van der Waals surface area contributed by atoms with Gasteiger partial charge >= 0.3 is 0 Å². The van der Waals surface area contributed by atoms with E-state index in [1.165, 1.54) is 0 Å². The summed E-state index contributed by atoms with van der Waals surface area (Å²) < 4.78 is 54.5. The van der Waals surface area contributed by atoms with Gasteiger partial charge in [0.05, 0.1) is 16.3 Å². The SMILES string of the molecule is CCCS(=O)(=O)N1CCN(C2(CCC(=O)c3c(F)ccc(F)c3Cl)CCCCCC2)CC1. The molecule has 180 valence electrons. The second-order valence-electron chi connectivity index (χ2n) is 8.98. The zero-order chi connectivity index (χ0) is 23.4. The van der Waals surface area contributed by atoms with Crippen molar-refractivity contribution >= 4 is 27.4 Å². The first-order chi connectivity index (χ1) is 15.2. The monoisotopic (exact) mass is 490 g/mol. The molecular formula is C23H33ClF2N2O3S. The molecule has 0 N–H and O–H groups in total. The molecule has 3 rings (SSSR count). The Kier molecular flexibility index (Phi) is 8.69. The topological polar surface area (TPSA) is 57.7 Å². The summed E-state index contributed by atoms with van der Waals surface area (Å²) in [6.45, 7) is 3.99. The van der Waals surface area contributed by atoms with Crippen molar-refractivity contribution in [2.75, 3.05) is 31.9 Å². The molecule has 1 heterocycles. The number of ketones is 1. The van der Waals surface area contributed by atoms with Gasteiger partial charge in [0.1, 0.15) is 11.6 Å². The number of nitrogens with zero attached hydrogens (tertiary/aromatic N) is 2. The second-order valence-corrected chi connectivity index (χ2v) is 11.4. The molecule has 0 atom stereocenters. The maximum Gasteiger partial charge on any atom is 0.214 e. The molecule has 1 aliphatic carbocycles. The molecule has 32 heavy (non-hydrogen) atoms. The number of Topliss-reactive ketones (excluding diaryl/α,β-unsaturated/α-hetero) is 1. The average Bonchev–Trinajstić information content (AvgIpc) is 3.02. The van der Waals surface area contributed by atoms with Gasteiger partial charge in [0.2, 0.25) is 10.0 Å². The molecule has 5 nitrogen and oxygen atoms in total. The first kappa shape index (κ1) is 25.5. The van der Waals surface area contributed by atoms with E-state index in [0.29, 0.717) is 39.0 Å². The summed E-state index contributed by atoms with van der Waals surface area (Å²) in [6, 6.07) is 1.86. The van der Waals surface area contributed by atoms with Crippen LogP contribution in [0.25, 0.3) is 0 Å². The Hall–Kier alpha value is -1.09. The number of carbonyl (C=O) groups excluding carboxylic acids is 1. The summed E-state index contributed by atoms with van der Waals surface area (Å²) in [7, 11) is -3.23. The van der Waals surface area contributed by atoms with E-state index in [0.717, 1.165) is 50.7 Å². The summed E-state index contributed by atoms with van der Waals surface area (Å²) in [5.74, 6) is -1.93. The van der Waals surface area contributed by atoms with E-state index < -0.39 is 32.5 Å². The molecule has 0 spiro atoms. The predicted molar refractivity (Wildman–Crippen MR) is 123 cm³/mol. The number of hydrogen-bond acceptors (Lipinski definition) is 4. The standard InChI is InChI=1S/C23H33ClF2N2O3S/c1-2-17-32(30,31)28-15-13-27(14-16-28)23(10-5-3-4-6-11-23)12-9-20(29)21-18(25)7-8-19(26)22(21)24/h7-8H,2-6,9-17H2,1H3. The number of hydrogen-bond donors (Lipinski definition) is 0. The van der Waals surface area contributed by atoms with E-state index in [-0.39, 0.29) is 23.3 Å². The number of sulfonamides is 1. The minimum atomic E-state index is -3.23. The first-order valence-corrected chi connectivity index (χ1v) is 13.6. The Morgan fingerprint density at radius 3 is 2.22 bits per heavy atom. The smallest absolute Gasteiger partial charge is 0.214 e. The third-order valence-corrected chi connectivity index (χ3v) is 9.39. The van der Waals surface area contributed by atoms with Crippen molar-refractivity contribution in [1.82, 2.24) is 9.21 Å². The first-order valence-electron chi connectivity index (χ1n) is 11.6. The third kappa shape index (κ3) is 5.69. The Labute approximate surface area is 195 Å². The van der Waals surface area contributed by atoms with E-state index in [2.05, 4.69) is 4.90 Å². The zero-order valence-electron chi connectivity index (χ0n) is 18.7. The molecule has 2 aliphatic rings. The molecule has 0 radical (unpaired) electrons. The summed E-state index contributed by atoms with van der Waals surface area (Å²) in [4.78, 5) is 15.2. The van der Waals surface area contributed by atoms with Crippen LogP contribution in [0.4, 0.5) is 8.78 Å². The lowest BCUT2D eigenvalue weighted by atomic mass is 9.82. The lowest BCUT2D eigenvalue weighted by Crippen LogP contribution is -2.58. The minimum Gasteiger partial charge on any atom is -0.295 e. The van der Waals surface area contributed by atoms with Gasteiger partial charge in [-0.15, -0.1) is 0 Å². The van der Waals surface area contributed by atoms with Crippen LogP contribution in [0.5, 0.6) is 0 Å². The van der Waals surface area contributed by atoms with Crippen LogP contribution in [0.2, 0.25) is 5.02 Å². The fourth-order valence-electron chi connectivity index (χ4n) is 5.19. The minimum absolute atomic E-state index is 0.0778. The van der Waals surface area contributed by atoms with Gasteiger partial charge in [0.15, 0.2) is 5.78 Å². The highest BCUT2D eigenvalue weighted by molar-refractivity contribution is 7.89. The van der Waals surface area contributed by atoms with Crippen LogP contribution in [-0.4, -0.2) is 60.9 Å². The van der Waals surface area contributed by atoms with Crippen LogP contribution in [0.3, 0.4) is 0 Å². The molecule has 0 aromatic heterocycles. The number of piperazine rings is 1. The Morgan fingerprint density at radius 2 is 1.62 bits per heavy atom. The Morgan fingerprint density at radius 1 is 1.03 bits per heavy atom. The van der Waals surface area contributed by atoms with Gasteiger partial charge in [-0.25, -0.2) is 17.2 Å². The third-order valence-electron chi connectivity index (χ3n) is 6.94. The molecule has 0 amide bonds. The van der Waals surface area contributed by atoms with Crippen LogP contribution in [0, 0.1) is 11.6 Å². The van der Waals surface area contributed by atoms with Crippen molar-refractivity contribution in [3.8, 4) is 0 Å². The van der Waals surface area contributed by atoms with Gasteiger partial charge in [-0.1, -0.05) is 44.2 Å². The van der Waals surface area contributed by atoms with Crippen LogP contribution >= 0.6 is 11.6 Å². The summed E-state index contributed by atoms with van der Waals surface area (Å²) in [5.41, 5.74) is -0.603. The van der Waals surface area contributed by atoms with Gasteiger partial charge in [0, 0.05) is 38.1 Å². The highest BCUT2D eigenvalue weighted by atomic mass is 35.5. The Balaban J connectivity index is 1.74. The number of rotatable bonds is 8. The fourth-order valence-corrected chi connectivity index (χ4v) is 6.94. The summed E-state index contributed by atoms with van der Waals surface area (Å²) >= 11 is 5.90. The van der Waals surface area contributed by atoms with Gasteiger partial charge in [-0.2, -0.15) is 4.31 Å². The van der Waals surface area contributed by atoms with Gasteiger partial charge in [-0.05, 0) is 37.8 Å². The maximum absolute atomic E-state index is 14.2. The molecule has 1 saturated heterocycles. The van der Waals surface area contributed by atoms with Crippen molar-refractivity contribution in [2.24, 2.45) is 0 Å². The van der Waals surface area contributed by atoms with Gasteiger partial charge in [0.25, 0.3) is 0 Å². The molecular weight excluding hydrogens is 458 g/mol. The lowest BCUT2D eigenvalue weighted by Gasteiger charge is -2.48. The molecule has 9 heteroatoms. The molecule has 1 aliphatic heterocycles. The summed E-state index contributed by atoms with van der Waals surface area (Å²) in [6.07, 6.45) is 7.37. The fraction of sp³-hybridized carbons (Fsp3) is 0.696. The highest BCUT2D eigenvalue weighted by Gasteiger charge is 2.40. The van der Waals surface area contributed by atoms with Crippen molar-refractivity contribution in [2.45, 2.75) is 70.3 Å². The predicted octanol–water partition coefficient (Wildman–Crippen LogP) is 5.03. The Bertz CT molecular complexity index is 910. The molecule has 1 saturated carbocycles. The molecule has 2 fully saturated rings. The van der Waals surface area contributed by atoms with Gasteiger partial charge in [-0.3, -0.25) is 9.69 Å². The van der Waals surface area contributed by atoms with Crippen molar-refractivity contribution in [1.29, 1.82) is 0 Å². The molecule has 1 aromatic carbocycles. The van der Waals surface area contributed by atoms with E-state index in [9.17, 15) is 22.0 Å².